The molecule has 0 aromatic carbocycles. The lowest BCUT2D eigenvalue weighted by atomic mass is 10.3. The van der Waals surface area contributed by atoms with Gasteiger partial charge in [0.05, 0.1) is 13.0 Å². The van der Waals surface area contributed by atoms with Crippen molar-refractivity contribution in [3.8, 4) is 0 Å². The van der Waals surface area contributed by atoms with E-state index < -0.39 is 11.9 Å². The molecule has 3 N–H and O–H groups in total. The fourth-order valence-corrected chi connectivity index (χ4v) is 1.27. The van der Waals surface area contributed by atoms with Crippen molar-refractivity contribution in [3.63, 3.8) is 0 Å². The van der Waals surface area contributed by atoms with E-state index in [1.165, 1.54) is 0 Å². The van der Waals surface area contributed by atoms with Gasteiger partial charge in [0, 0.05) is 12.6 Å². The predicted octanol–water partition coefficient (Wildman–Crippen LogP) is -0.589. The normalized spacial score (nSPS) is 16.1. The van der Waals surface area contributed by atoms with Crippen LogP contribution in [-0.4, -0.2) is 41.0 Å². The molecule has 1 rings (SSSR count). The van der Waals surface area contributed by atoms with Crippen molar-refractivity contribution in [1.29, 1.82) is 0 Å². The highest BCUT2D eigenvalue weighted by Crippen LogP contribution is 2.26. The lowest BCUT2D eigenvalue weighted by Gasteiger charge is -2.18. The molecule has 0 atom stereocenters. The molecule has 0 heterocycles. The molecule has 0 aliphatic heterocycles. The van der Waals surface area contributed by atoms with E-state index in [4.69, 9.17) is 10.8 Å². The molecule has 74 valence electrons. The minimum Gasteiger partial charge on any atom is -0.481 e. The molecular formula is C8H14N2O3. The van der Waals surface area contributed by atoms with Crippen molar-refractivity contribution in [3.05, 3.63) is 0 Å². The summed E-state index contributed by atoms with van der Waals surface area (Å²) in [5.41, 5.74) is 5.04. The molecule has 1 fully saturated rings. The van der Waals surface area contributed by atoms with Crippen LogP contribution in [0.2, 0.25) is 0 Å². The second-order valence-corrected chi connectivity index (χ2v) is 3.31. The summed E-state index contributed by atoms with van der Waals surface area (Å²) in [4.78, 5) is 22.8. The lowest BCUT2D eigenvalue weighted by Crippen LogP contribution is -2.36. The molecule has 0 spiro atoms. The summed E-state index contributed by atoms with van der Waals surface area (Å²) in [7, 11) is 0. The maximum atomic E-state index is 10.6. The fraction of sp³-hybridized carbons (Fsp3) is 0.750. The first-order valence-electron chi connectivity index (χ1n) is 4.33. The summed E-state index contributed by atoms with van der Waals surface area (Å²) in [6, 6.07) is 0.381. The third kappa shape index (κ3) is 3.89. The maximum Gasteiger partial charge on any atom is 0.304 e. The molecule has 0 bridgehead atoms. The molecule has 5 heteroatoms. The lowest BCUT2D eigenvalue weighted by molar-refractivity contribution is -0.137. The number of carboxylic acid groups (broad SMARTS) is 1. The Labute approximate surface area is 76.5 Å². The first-order chi connectivity index (χ1) is 6.09. The van der Waals surface area contributed by atoms with Crippen molar-refractivity contribution in [2.45, 2.75) is 25.3 Å². The van der Waals surface area contributed by atoms with E-state index >= 15 is 0 Å². The van der Waals surface area contributed by atoms with Crippen LogP contribution in [0.5, 0.6) is 0 Å². The van der Waals surface area contributed by atoms with E-state index in [-0.39, 0.29) is 13.0 Å². The van der Waals surface area contributed by atoms with E-state index in [9.17, 15) is 9.59 Å². The van der Waals surface area contributed by atoms with Crippen molar-refractivity contribution in [2.75, 3.05) is 13.1 Å². The van der Waals surface area contributed by atoms with Crippen LogP contribution in [0.4, 0.5) is 0 Å². The van der Waals surface area contributed by atoms with Gasteiger partial charge < -0.3 is 10.8 Å². The van der Waals surface area contributed by atoms with E-state index in [2.05, 4.69) is 0 Å². The molecule has 0 unspecified atom stereocenters. The van der Waals surface area contributed by atoms with Crippen molar-refractivity contribution in [1.82, 2.24) is 4.90 Å². The number of rotatable bonds is 6. The van der Waals surface area contributed by atoms with Gasteiger partial charge in [-0.15, -0.1) is 0 Å². The van der Waals surface area contributed by atoms with Crippen LogP contribution in [-0.2, 0) is 9.59 Å². The third-order valence-electron chi connectivity index (χ3n) is 2.04. The van der Waals surface area contributed by atoms with Gasteiger partial charge in [0.2, 0.25) is 5.91 Å². The third-order valence-corrected chi connectivity index (χ3v) is 2.04. The van der Waals surface area contributed by atoms with E-state index in [1.54, 1.807) is 0 Å². The number of hydrogen-bond donors (Lipinski definition) is 2. The van der Waals surface area contributed by atoms with Gasteiger partial charge in [0.25, 0.3) is 0 Å². The second kappa shape index (κ2) is 4.23. The minimum atomic E-state index is -0.838. The number of primary amides is 1. The molecule has 1 amide bonds. The van der Waals surface area contributed by atoms with Crippen LogP contribution in [0.3, 0.4) is 0 Å². The van der Waals surface area contributed by atoms with Gasteiger partial charge in [-0.1, -0.05) is 0 Å². The molecule has 5 nitrogen and oxygen atoms in total. The van der Waals surface area contributed by atoms with Gasteiger partial charge in [0.15, 0.2) is 0 Å². The average Bonchev–Trinajstić information content (AvgIpc) is 2.78. The quantitative estimate of drug-likeness (QED) is 0.580. The molecule has 0 aromatic heterocycles. The molecule has 1 aliphatic carbocycles. The Hall–Kier alpha value is -1.10. The molecule has 1 aliphatic rings. The number of nitrogens with zero attached hydrogens (tertiary/aromatic N) is 1. The van der Waals surface area contributed by atoms with Gasteiger partial charge >= 0.3 is 5.97 Å². The maximum absolute atomic E-state index is 10.6. The van der Waals surface area contributed by atoms with Gasteiger partial charge in [0.1, 0.15) is 0 Å². The summed E-state index contributed by atoms with van der Waals surface area (Å²) in [6.45, 7) is 0.598. The highest BCUT2D eigenvalue weighted by molar-refractivity contribution is 5.76. The van der Waals surface area contributed by atoms with Crippen LogP contribution >= 0.6 is 0 Å². The van der Waals surface area contributed by atoms with Crippen molar-refractivity contribution >= 4 is 11.9 Å². The summed E-state index contributed by atoms with van der Waals surface area (Å²) in [5.74, 6) is -1.23. The van der Waals surface area contributed by atoms with Crippen LogP contribution in [0, 0.1) is 0 Å². The van der Waals surface area contributed by atoms with E-state index in [0.717, 1.165) is 12.8 Å². The number of aliphatic carboxylic acids is 1. The Balaban J connectivity index is 2.29. The van der Waals surface area contributed by atoms with Crippen molar-refractivity contribution in [2.24, 2.45) is 5.73 Å². The highest BCUT2D eigenvalue weighted by Gasteiger charge is 2.29. The molecule has 13 heavy (non-hydrogen) atoms. The number of carboxylic acids is 1. The van der Waals surface area contributed by atoms with Crippen LogP contribution in [0.25, 0.3) is 0 Å². The zero-order valence-electron chi connectivity index (χ0n) is 7.40. The number of hydrogen-bond acceptors (Lipinski definition) is 3. The Morgan fingerprint density at radius 2 is 2.08 bits per heavy atom. The Morgan fingerprint density at radius 1 is 1.46 bits per heavy atom. The zero-order chi connectivity index (χ0) is 9.84. The Kier molecular flexibility index (Phi) is 3.25. The highest BCUT2D eigenvalue weighted by atomic mass is 16.4. The molecule has 0 aromatic rings. The van der Waals surface area contributed by atoms with Crippen LogP contribution in [0.15, 0.2) is 0 Å². The average molecular weight is 186 g/mol. The number of nitrogens with two attached hydrogens (primary N) is 1. The Bertz CT molecular complexity index is 213. The number of amides is 1. The topological polar surface area (TPSA) is 83.6 Å². The summed E-state index contributed by atoms with van der Waals surface area (Å²) < 4.78 is 0. The number of carbonyl (C=O) groups excluding carboxylic acids is 1. The Morgan fingerprint density at radius 3 is 2.46 bits per heavy atom. The summed E-state index contributed by atoms with van der Waals surface area (Å²) in [5, 5.41) is 8.46. The summed E-state index contributed by atoms with van der Waals surface area (Å²) in [6.07, 6.45) is 2.17. The second-order valence-electron chi connectivity index (χ2n) is 3.31. The van der Waals surface area contributed by atoms with Gasteiger partial charge in [-0.3, -0.25) is 14.5 Å². The SMILES string of the molecule is NC(=O)CN(CCC(=O)O)C1CC1. The predicted molar refractivity (Wildman–Crippen MR) is 46.0 cm³/mol. The molecule has 0 saturated heterocycles. The van der Waals surface area contributed by atoms with E-state index in [0.29, 0.717) is 12.6 Å². The van der Waals surface area contributed by atoms with Crippen molar-refractivity contribution < 1.29 is 14.7 Å². The molecule has 1 saturated carbocycles. The first-order valence-corrected chi connectivity index (χ1v) is 4.33. The van der Waals surface area contributed by atoms with Crippen LogP contribution in [0.1, 0.15) is 19.3 Å². The number of carbonyl (C=O) groups is 2. The van der Waals surface area contributed by atoms with Gasteiger partial charge in [-0.25, -0.2) is 0 Å². The first kappa shape index (κ1) is 9.98. The van der Waals surface area contributed by atoms with E-state index in [1.807, 2.05) is 4.90 Å². The minimum absolute atomic E-state index is 0.0732. The molecule has 0 radical (unpaired) electrons. The smallest absolute Gasteiger partial charge is 0.304 e. The zero-order valence-corrected chi connectivity index (χ0v) is 7.40. The monoisotopic (exact) mass is 186 g/mol. The standard InChI is InChI=1S/C8H14N2O3/c9-7(11)5-10(6-1-2-6)4-3-8(12)13/h6H,1-5H2,(H2,9,11)(H,12,13). The van der Waals surface area contributed by atoms with Gasteiger partial charge in [-0.05, 0) is 12.8 Å². The fourth-order valence-electron chi connectivity index (χ4n) is 1.27. The van der Waals surface area contributed by atoms with Gasteiger partial charge in [-0.2, -0.15) is 0 Å². The largest absolute Gasteiger partial charge is 0.481 e. The van der Waals surface area contributed by atoms with Crippen LogP contribution < -0.4 is 5.73 Å². The summed E-state index contributed by atoms with van der Waals surface area (Å²) >= 11 is 0. The molecular weight excluding hydrogens is 172 g/mol.